The first-order chi connectivity index (χ1) is 15.6. The molecular formula is C22H18ClF3N2O4S. The van der Waals surface area contributed by atoms with Gasteiger partial charge in [-0.05, 0) is 31.2 Å². The molecule has 2 atom stereocenters. The minimum Gasteiger partial charge on any atom is -0.478 e. The summed E-state index contributed by atoms with van der Waals surface area (Å²) in [6.07, 6.45) is -2.84. The highest BCUT2D eigenvalue weighted by Gasteiger charge is 2.34. The molecule has 1 saturated heterocycles. The second-order valence-corrected chi connectivity index (χ2v) is 9.12. The molecule has 6 nitrogen and oxygen atoms in total. The van der Waals surface area contributed by atoms with E-state index >= 15 is 4.39 Å². The molecule has 33 heavy (non-hydrogen) atoms. The number of carbonyl (C=O) groups is 2. The second-order valence-electron chi connectivity index (χ2n) is 7.67. The molecule has 0 radical (unpaired) electrons. The van der Waals surface area contributed by atoms with Crippen molar-refractivity contribution in [2.45, 2.75) is 35.5 Å². The van der Waals surface area contributed by atoms with E-state index in [0.29, 0.717) is 16.0 Å². The number of benzene rings is 2. The number of β-amino-alcohol motifs (C(OH)–C–C–N with tert-alkyl or cyclic N) is 1. The van der Waals surface area contributed by atoms with Crippen molar-refractivity contribution in [2.75, 3.05) is 13.1 Å². The molecule has 1 aliphatic heterocycles. The summed E-state index contributed by atoms with van der Waals surface area (Å²) in [5.41, 5.74) is -0.0671. The van der Waals surface area contributed by atoms with Crippen LogP contribution in [-0.4, -0.2) is 56.9 Å². The van der Waals surface area contributed by atoms with E-state index in [1.165, 1.54) is 28.8 Å². The van der Waals surface area contributed by atoms with Crippen molar-refractivity contribution >= 4 is 46.1 Å². The Morgan fingerprint density at radius 2 is 1.91 bits per heavy atom. The predicted molar refractivity (Wildman–Crippen MR) is 117 cm³/mol. The van der Waals surface area contributed by atoms with Crippen LogP contribution in [0.15, 0.2) is 40.1 Å². The highest BCUT2D eigenvalue weighted by Crippen LogP contribution is 2.41. The molecule has 1 aliphatic rings. The zero-order valence-electron chi connectivity index (χ0n) is 17.2. The lowest BCUT2D eigenvalue weighted by Gasteiger charge is -2.17. The highest BCUT2D eigenvalue weighted by atomic mass is 35.5. The maximum Gasteiger partial charge on any atom is 0.338 e. The number of alkyl halides is 1. The third-order valence-electron chi connectivity index (χ3n) is 5.59. The van der Waals surface area contributed by atoms with Gasteiger partial charge in [0.05, 0.1) is 22.6 Å². The van der Waals surface area contributed by atoms with Crippen molar-refractivity contribution < 1.29 is 33.0 Å². The minimum atomic E-state index is -1.56. The predicted octanol–water partition coefficient (Wildman–Crippen LogP) is 4.27. The molecular weight excluding hydrogens is 481 g/mol. The Kier molecular flexibility index (Phi) is 6.35. The fourth-order valence-electron chi connectivity index (χ4n) is 3.85. The van der Waals surface area contributed by atoms with E-state index in [-0.39, 0.29) is 35.1 Å². The number of likely N-dealkylation sites (tertiary alicyclic amines) is 1. The smallest absolute Gasteiger partial charge is 0.338 e. The lowest BCUT2D eigenvalue weighted by atomic mass is 10.2. The Labute approximate surface area is 195 Å². The van der Waals surface area contributed by atoms with Crippen molar-refractivity contribution in [1.29, 1.82) is 0 Å². The van der Waals surface area contributed by atoms with E-state index in [1.54, 1.807) is 6.92 Å². The zero-order chi connectivity index (χ0) is 24.0. The SMILES string of the molecule is Cc1c(Sc2cccc(C(=O)O)c2F)c2ccc(Cl)c(F)c2n1CC(=O)N1CC(O)C(F)C1. The normalized spacial score (nSPS) is 18.3. The van der Waals surface area contributed by atoms with Crippen LogP contribution in [0.2, 0.25) is 5.02 Å². The van der Waals surface area contributed by atoms with Gasteiger partial charge in [0.25, 0.3) is 0 Å². The van der Waals surface area contributed by atoms with Gasteiger partial charge < -0.3 is 19.7 Å². The Hall–Kier alpha value is -2.69. The van der Waals surface area contributed by atoms with E-state index in [4.69, 9.17) is 11.6 Å². The lowest BCUT2D eigenvalue weighted by Crippen LogP contribution is -2.33. The number of carboxylic acids is 1. The average Bonchev–Trinajstić information content (AvgIpc) is 3.23. The van der Waals surface area contributed by atoms with Gasteiger partial charge >= 0.3 is 5.97 Å². The van der Waals surface area contributed by atoms with Crippen LogP contribution in [0.1, 0.15) is 16.1 Å². The molecule has 2 unspecified atom stereocenters. The monoisotopic (exact) mass is 498 g/mol. The molecule has 2 aromatic carbocycles. The maximum atomic E-state index is 15.1. The van der Waals surface area contributed by atoms with Crippen LogP contribution in [0, 0.1) is 18.6 Å². The first kappa shape index (κ1) is 23.5. The third-order valence-corrected chi connectivity index (χ3v) is 7.14. The van der Waals surface area contributed by atoms with Crippen LogP contribution < -0.4 is 0 Å². The van der Waals surface area contributed by atoms with Crippen LogP contribution in [0.4, 0.5) is 13.2 Å². The molecule has 11 heteroatoms. The molecule has 2 N–H and O–H groups in total. The number of carbonyl (C=O) groups excluding carboxylic acids is 1. The van der Waals surface area contributed by atoms with E-state index in [0.717, 1.165) is 22.7 Å². The van der Waals surface area contributed by atoms with Crippen molar-refractivity contribution in [3.05, 3.63) is 58.2 Å². The van der Waals surface area contributed by atoms with E-state index < -0.39 is 41.4 Å². The van der Waals surface area contributed by atoms with Crippen molar-refractivity contribution in [3.63, 3.8) is 0 Å². The fraction of sp³-hybridized carbons (Fsp3) is 0.273. The number of hydrogen-bond acceptors (Lipinski definition) is 4. The topological polar surface area (TPSA) is 82.8 Å². The van der Waals surface area contributed by atoms with Crippen molar-refractivity contribution in [1.82, 2.24) is 9.47 Å². The van der Waals surface area contributed by atoms with Crippen LogP contribution in [0.25, 0.3) is 10.9 Å². The van der Waals surface area contributed by atoms with E-state index in [9.17, 15) is 28.6 Å². The molecule has 0 aliphatic carbocycles. The molecule has 0 bridgehead atoms. The number of rotatable bonds is 5. The largest absolute Gasteiger partial charge is 0.478 e. The number of halogens is 4. The summed E-state index contributed by atoms with van der Waals surface area (Å²) in [5.74, 6) is -3.65. The van der Waals surface area contributed by atoms with Gasteiger partial charge in [0.2, 0.25) is 5.91 Å². The molecule has 1 amide bonds. The van der Waals surface area contributed by atoms with E-state index in [1.807, 2.05) is 0 Å². The number of nitrogens with zero attached hydrogens (tertiary/aromatic N) is 2. The summed E-state index contributed by atoms with van der Waals surface area (Å²) < 4.78 is 44.9. The van der Waals surface area contributed by atoms with Gasteiger partial charge in [0.15, 0.2) is 11.6 Å². The molecule has 174 valence electrons. The average molecular weight is 499 g/mol. The number of aliphatic hydroxyl groups excluding tert-OH is 1. The van der Waals surface area contributed by atoms with Gasteiger partial charge in [0.1, 0.15) is 18.8 Å². The van der Waals surface area contributed by atoms with Crippen LogP contribution in [0.5, 0.6) is 0 Å². The second kappa shape index (κ2) is 8.92. The Balaban J connectivity index is 1.79. The standard InChI is InChI=1S/C22H18ClF3N2O4S/c1-10-21(33-16-4-2-3-11(18(16)25)22(31)32)12-5-6-13(23)19(26)20(12)28(10)9-17(30)27-7-14(24)15(29)8-27/h2-6,14-15,29H,7-9H2,1H3,(H,31,32). The molecule has 0 spiro atoms. The summed E-state index contributed by atoms with van der Waals surface area (Å²) in [6, 6.07) is 6.81. The van der Waals surface area contributed by atoms with Crippen LogP contribution in [-0.2, 0) is 11.3 Å². The number of hydrogen-bond donors (Lipinski definition) is 2. The fourth-order valence-corrected chi connectivity index (χ4v) is 5.10. The van der Waals surface area contributed by atoms with Gasteiger partial charge in [-0.25, -0.2) is 18.0 Å². The van der Waals surface area contributed by atoms with Crippen molar-refractivity contribution in [3.8, 4) is 0 Å². The molecule has 0 saturated carbocycles. The number of aromatic nitrogens is 1. The quantitative estimate of drug-likeness (QED) is 0.549. The third kappa shape index (κ3) is 4.18. The molecule has 4 rings (SSSR count). The van der Waals surface area contributed by atoms with Crippen molar-refractivity contribution in [2.24, 2.45) is 0 Å². The number of amides is 1. The van der Waals surface area contributed by atoms with Gasteiger partial charge in [-0.2, -0.15) is 0 Å². The molecule has 3 aromatic rings. The Morgan fingerprint density at radius 1 is 1.18 bits per heavy atom. The first-order valence-electron chi connectivity index (χ1n) is 9.86. The van der Waals surface area contributed by atoms with Gasteiger partial charge in [-0.1, -0.05) is 29.4 Å². The zero-order valence-corrected chi connectivity index (χ0v) is 18.8. The lowest BCUT2D eigenvalue weighted by molar-refractivity contribution is -0.131. The van der Waals surface area contributed by atoms with Gasteiger partial charge in [0, 0.05) is 27.4 Å². The van der Waals surface area contributed by atoms with E-state index in [2.05, 4.69) is 0 Å². The summed E-state index contributed by atoms with van der Waals surface area (Å²) >= 11 is 6.87. The van der Waals surface area contributed by atoms with Gasteiger partial charge in [-0.15, -0.1) is 0 Å². The Morgan fingerprint density at radius 3 is 2.55 bits per heavy atom. The molecule has 2 heterocycles. The molecule has 1 aromatic heterocycles. The van der Waals surface area contributed by atoms with Crippen LogP contribution >= 0.6 is 23.4 Å². The molecule has 1 fully saturated rings. The van der Waals surface area contributed by atoms with Gasteiger partial charge in [-0.3, -0.25) is 4.79 Å². The number of aliphatic hydroxyl groups is 1. The Bertz CT molecular complexity index is 1270. The number of fused-ring (bicyclic) bond motifs is 1. The number of carboxylic acid groups (broad SMARTS) is 1. The number of aromatic carboxylic acids is 1. The maximum absolute atomic E-state index is 15.1. The summed E-state index contributed by atoms with van der Waals surface area (Å²) in [6.45, 7) is 0.822. The summed E-state index contributed by atoms with van der Waals surface area (Å²) in [4.78, 5) is 25.7. The highest BCUT2D eigenvalue weighted by molar-refractivity contribution is 7.99. The van der Waals surface area contributed by atoms with Crippen LogP contribution in [0.3, 0.4) is 0 Å². The first-order valence-corrected chi connectivity index (χ1v) is 11.1. The summed E-state index contributed by atoms with van der Waals surface area (Å²) in [7, 11) is 0. The minimum absolute atomic E-state index is 0.0154. The summed E-state index contributed by atoms with van der Waals surface area (Å²) in [5, 5.41) is 19.0.